The first-order valence-electron chi connectivity index (χ1n) is 11.9. The van der Waals surface area contributed by atoms with Crippen molar-refractivity contribution < 1.29 is 23.4 Å². The Morgan fingerprint density at radius 2 is 1.35 bits per heavy atom. The van der Waals surface area contributed by atoms with Gasteiger partial charge in [0.05, 0.1) is 28.4 Å². The second-order valence-electron chi connectivity index (χ2n) is 10.4. The van der Waals surface area contributed by atoms with Crippen LogP contribution in [0.15, 0.2) is 29.8 Å². The minimum absolute atomic E-state index is 0.0801. The molecule has 34 heavy (non-hydrogen) atoms. The van der Waals surface area contributed by atoms with Crippen LogP contribution in [0.5, 0.6) is 28.7 Å². The summed E-state index contributed by atoms with van der Waals surface area (Å²) in [5, 5.41) is 0.0801. The summed E-state index contributed by atoms with van der Waals surface area (Å²) >= 11 is 0. The molecule has 2 aromatic rings. The zero-order valence-electron chi connectivity index (χ0n) is 22.5. The van der Waals surface area contributed by atoms with Crippen LogP contribution < -0.4 is 23.4 Å². The van der Waals surface area contributed by atoms with Crippen LogP contribution in [0.1, 0.15) is 57.2 Å². The summed E-state index contributed by atoms with van der Waals surface area (Å²) in [6, 6.07) is 8.28. The average Bonchev–Trinajstić information content (AvgIpc) is 2.95. The molecule has 1 aliphatic rings. The summed E-state index contributed by atoms with van der Waals surface area (Å²) in [6.07, 6.45) is 2.98. The van der Waals surface area contributed by atoms with Gasteiger partial charge in [0.25, 0.3) is 8.32 Å². The highest BCUT2D eigenvalue weighted by Crippen LogP contribution is 2.48. The van der Waals surface area contributed by atoms with E-state index in [0.717, 1.165) is 36.3 Å². The number of fused-ring (bicyclic) bond motifs is 1. The maximum absolute atomic E-state index is 6.91. The third-order valence-electron chi connectivity index (χ3n) is 7.24. The van der Waals surface area contributed by atoms with Gasteiger partial charge in [-0.3, -0.25) is 0 Å². The van der Waals surface area contributed by atoms with Crippen LogP contribution in [0, 0.1) is 0 Å². The molecule has 0 bridgehead atoms. The van der Waals surface area contributed by atoms with Gasteiger partial charge in [-0.25, -0.2) is 0 Å². The highest BCUT2D eigenvalue weighted by molar-refractivity contribution is 6.74. The lowest BCUT2D eigenvalue weighted by Crippen LogP contribution is -2.44. The first-order chi connectivity index (χ1) is 16.0. The van der Waals surface area contributed by atoms with E-state index in [0.29, 0.717) is 17.2 Å². The first kappa shape index (κ1) is 26.0. The number of allylic oxidation sites excluding steroid dienone is 1. The lowest BCUT2D eigenvalue weighted by Gasteiger charge is -2.37. The Balaban J connectivity index is 2.27. The Morgan fingerprint density at radius 3 is 1.85 bits per heavy atom. The van der Waals surface area contributed by atoms with Crippen molar-refractivity contribution in [3.05, 3.63) is 46.5 Å². The molecule has 186 valence electrons. The molecule has 0 amide bonds. The van der Waals surface area contributed by atoms with Gasteiger partial charge in [-0.2, -0.15) is 0 Å². The molecule has 0 fully saturated rings. The molecular weight excluding hydrogens is 444 g/mol. The van der Waals surface area contributed by atoms with E-state index in [2.05, 4.69) is 46.9 Å². The van der Waals surface area contributed by atoms with Crippen molar-refractivity contribution in [1.82, 2.24) is 0 Å². The normalized spacial score (nSPS) is 14.3. The predicted octanol–water partition coefficient (Wildman–Crippen LogP) is 7.26. The molecular formula is C28H40O5Si. The smallest absolute Gasteiger partial charge is 0.250 e. The molecule has 3 rings (SSSR count). The maximum atomic E-state index is 6.91. The van der Waals surface area contributed by atoms with Gasteiger partial charge in [-0.1, -0.05) is 32.4 Å². The van der Waals surface area contributed by atoms with Crippen molar-refractivity contribution in [3.63, 3.8) is 0 Å². The second-order valence-corrected chi connectivity index (χ2v) is 15.1. The van der Waals surface area contributed by atoms with Gasteiger partial charge in [0, 0.05) is 5.56 Å². The highest BCUT2D eigenvalue weighted by atomic mass is 28.4. The minimum atomic E-state index is -2.08. The van der Waals surface area contributed by atoms with Crippen molar-refractivity contribution in [2.24, 2.45) is 0 Å². The maximum Gasteiger partial charge on any atom is 0.250 e. The molecule has 0 aliphatic heterocycles. The predicted molar refractivity (Wildman–Crippen MR) is 142 cm³/mol. The van der Waals surface area contributed by atoms with Gasteiger partial charge in [-0.15, -0.1) is 0 Å². The molecule has 1 aliphatic carbocycles. The van der Waals surface area contributed by atoms with Crippen molar-refractivity contribution in [2.45, 2.75) is 65.1 Å². The Kier molecular flexibility index (Phi) is 7.61. The molecule has 0 saturated heterocycles. The molecule has 0 atom stereocenters. The second kappa shape index (κ2) is 9.94. The van der Waals surface area contributed by atoms with E-state index < -0.39 is 8.32 Å². The van der Waals surface area contributed by atoms with E-state index in [1.807, 2.05) is 18.2 Å². The van der Waals surface area contributed by atoms with Gasteiger partial charge in [0.1, 0.15) is 5.75 Å². The molecule has 0 unspecified atom stereocenters. The van der Waals surface area contributed by atoms with Crippen LogP contribution in [-0.2, 0) is 6.42 Å². The monoisotopic (exact) mass is 484 g/mol. The summed E-state index contributed by atoms with van der Waals surface area (Å²) in [7, 11) is 4.57. The highest BCUT2D eigenvalue weighted by Gasteiger charge is 2.40. The van der Waals surface area contributed by atoms with E-state index in [1.54, 1.807) is 28.4 Å². The fraction of sp³-hybridized carbons (Fsp3) is 0.500. The van der Waals surface area contributed by atoms with E-state index >= 15 is 0 Å². The fourth-order valence-corrected chi connectivity index (χ4v) is 5.32. The SMILES string of the molecule is COc1cc(C2=C(C)CCCc3c2ccc(OC)c3O[Si](C)(C)C(C)(C)C)cc(OC)c1OC. The molecule has 2 aromatic carbocycles. The Bertz CT molecular complexity index is 1050. The Hall–Kier alpha value is -2.60. The molecule has 0 saturated carbocycles. The number of methoxy groups -OCH3 is 4. The zero-order chi connectivity index (χ0) is 25.3. The minimum Gasteiger partial charge on any atom is -0.541 e. The lowest BCUT2D eigenvalue weighted by molar-refractivity contribution is 0.324. The molecule has 0 N–H and O–H groups in total. The first-order valence-corrected chi connectivity index (χ1v) is 14.8. The van der Waals surface area contributed by atoms with E-state index in [4.69, 9.17) is 23.4 Å². The van der Waals surface area contributed by atoms with Crippen LogP contribution in [-0.4, -0.2) is 36.8 Å². The number of rotatable bonds is 7. The van der Waals surface area contributed by atoms with Crippen LogP contribution in [0.2, 0.25) is 18.1 Å². The van der Waals surface area contributed by atoms with Gasteiger partial charge in [-0.05, 0) is 79.2 Å². The standard InChI is InChI=1S/C28H40O5Si/c1-18-12-11-13-21-20(14-15-22(29-5)26(21)33-34(9,10)28(2,3)4)25(18)19-16-23(30-6)27(32-8)24(17-19)31-7/h14-17H,11-13H2,1-10H3. The van der Waals surface area contributed by atoms with Crippen molar-refractivity contribution in [2.75, 3.05) is 28.4 Å². The van der Waals surface area contributed by atoms with E-state index in [-0.39, 0.29) is 5.04 Å². The van der Waals surface area contributed by atoms with E-state index in [1.165, 1.54) is 22.3 Å². The summed E-state index contributed by atoms with van der Waals surface area (Å²) in [4.78, 5) is 0. The number of benzene rings is 2. The van der Waals surface area contributed by atoms with Crippen LogP contribution in [0.4, 0.5) is 0 Å². The third-order valence-corrected chi connectivity index (χ3v) is 11.6. The van der Waals surface area contributed by atoms with Crippen LogP contribution in [0.25, 0.3) is 5.57 Å². The third kappa shape index (κ3) is 4.78. The molecule has 0 spiro atoms. The van der Waals surface area contributed by atoms with Crippen molar-refractivity contribution in [1.29, 1.82) is 0 Å². The fourth-order valence-electron chi connectivity index (χ4n) is 4.28. The van der Waals surface area contributed by atoms with Gasteiger partial charge in [0.2, 0.25) is 5.75 Å². The van der Waals surface area contributed by atoms with Crippen molar-refractivity contribution in [3.8, 4) is 28.7 Å². The molecule has 6 heteroatoms. The topological polar surface area (TPSA) is 46.2 Å². The Labute approximate surface area is 206 Å². The summed E-state index contributed by atoms with van der Waals surface area (Å²) in [6.45, 7) is 13.6. The quantitative estimate of drug-likeness (QED) is 0.387. The molecule has 0 aromatic heterocycles. The summed E-state index contributed by atoms with van der Waals surface area (Å²) in [5.41, 5.74) is 5.95. The van der Waals surface area contributed by atoms with Gasteiger partial charge < -0.3 is 23.4 Å². The summed E-state index contributed by atoms with van der Waals surface area (Å²) < 4.78 is 29.6. The molecule has 0 heterocycles. The average molecular weight is 485 g/mol. The van der Waals surface area contributed by atoms with Crippen molar-refractivity contribution >= 4 is 13.9 Å². The van der Waals surface area contributed by atoms with Crippen LogP contribution in [0.3, 0.4) is 0 Å². The Morgan fingerprint density at radius 1 is 0.765 bits per heavy atom. The number of hydrogen-bond acceptors (Lipinski definition) is 5. The van der Waals surface area contributed by atoms with Gasteiger partial charge >= 0.3 is 0 Å². The largest absolute Gasteiger partial charge is 0.541 e. The van der Waals surface area contributed by atoms with Crippen LogP contribution >= 0.6 is 0 Å². The molecule has 0 radical (unpaired) electrons. The van der Waals surface area contributed by atoms with Gasteiger partial charge in [0.15, 0.2) is 17.2 Å². The zero-order valence-corrected chi connectivity index (χ0v) is 23.5. The number of hydrogen-bond donors (Lipinski definition) is 0. The number of ether oxygens (including phenoxy) is 4. The summed E-state index contributed by atoms with van der Waals surface area (Å²) in [5.74, 6) is 3.58. The van der Waals surface area contributed by atoms with E-state index in [9.17, 15) is 0 Å². The lowest BCUT2D eigenvalue weighted by atomic mass is 9.90. The molecule has 5 nitrogen and oxygen atoms in total.